The van der Waals surface area contributed by atoms with Crippen molar-refractivity contribution in [1.82, 2.24) is 15.0 Å². The lowest BCUT2D eigenvalue weighted by Crippen LogP contribution is -2.04. The molecule has 4 rings (SSSR count). The van der Waals surface area contributed by atoms with Crippen LogP contribution < -0.4 is 19.5 Å². The molecule has 2 heterocycles. The van der Waals surface area contributed by atoms with E-state index in [1.54, 1.807) is 42.6 Å². The van der Waals surface area contributed by atoms with Gasteiger partial charge in [0.25, 0.3) is 0 Å². The van der Waals surface area contributed by atoms with Gasteiger partial charge in [-0.05, 0) is 24.3 Å². The maximum absolute atomic E-state index is 11.9. The second-order valence-electron chi connectivity index (χ2n) is 6.26. The van der Waals surface area contributed by atoms with Gasteiger partial charge < -0.3 is 19.5 Å². The number of fused-ring (bicyclic) bond motifs is 1. The van der Waals surface area contributed by atoms with Crippen molar-refractivity contribution < 1.29 is 19.1 Å². The van der Waals surface area contributed by atoms with Gasteiger partial charge in [-0.3, -0.25) is 15.1 Å². The Morgan fingerprint density at radius 2 is 1.81 bits per heavy atom. The molecule has 0 saturated heterocycles. The molecule has 10 nitrogen and oxygen atoms in total. The number of nitrogens with one attached hydrogen (secondary N) is 1. The Balaban J connectivity index is 1.75. The first-order chi connectivity index (χ1) is 15.1. The smallest absolute Gasteiger partial charge is 0.373 e. The SMILES string of the molecule is COc1ccc(Nc2ncnc(Oc3cccc4cccnc34)c2[N+](=O)[O-])c(OC)c1. The Hall–Kier alpha value is -4.47. The summed E-state index contributed by atoms with van der Waals surface area (Å²) >= 11 is 0. The number of pyridine rings is 1. The number of para-hydroxylation sites is 1. The van der Waals surface area contributed by atoms with E-state index in [4.69, 9.17) is 14.2 Å². The highest BCUT2D eigenvalue weighted by Gasteiger charge is 2.26. The Labute approximate surface area is 176 Å². The second kappa shape index (κ2) is 8.49. The van der Waals surface area contributed by atoms with Crippen LogP contribution in [0.25, 0.3) is 10.9 Å². The summed E-state index contributed by atoms with van der Waals surface area (Å²) in [7, 11) is 3.01. The highest BCUT2D eigenvalue weighted by molar-refractivity contribution is 5.84. The van der Waals surface area contributed by atoms with Crippen LogP contribution >= 0.6 is 0 Å². The molecule has 2 aromatic carbocycles. The lowest BCUT2D eigenvalue weighted by atomic mass is 10.2. The largest absolute Gasteiger partial charge is 0.497 e. The van der Waals surface area contributed by atoms with E-state index in [9.17, 15) is 10.1 Å². The molecule has 0 amide bonds. The van der Waals surface area contributed by atoms with Gasteiger partial charge in [0.1, 0.15) is 23.3 Å². The number of aromatic nitrogens is 3. The second-order valence-corrected chi connectivity index (χ2v) is 6.26. The van der Waals surface area contributed by atoms with Crippen LogP contribution in [-0.4, -0.2) is 34.1 Å². The summed E-state index contributed by atoms with van der Waals surface area (Å²) in [5.41, 5.74) is 0.598. The zero-order chi connectivity index (χ0) is 21.8. The van der Waals surface area contributed by atoms with E-state index in [-0.39, 0.29) is 11.7 Å². The molecule has 10 heteroatoms. The standard InChI is InChI=1S/C21H17N5O5/c1-29-14-8-9-15(17(11-14)30-2)25-20-19(26(27)28)21(24-12-23-20)31-16-7-3-5-13-6-4-10-22-18(13)16/h3-12H,1-2H3,(H,23,24,25). The van der Waals surface area contributed by atoms with Crippen LogP contribution in [0.2, 0.25) is 0 Å². The molecule has 0 spiro atoms. The maximum atomic E-state index is 11.9. The number of ether oxygens (including phenoxy) is 3. The van der Waals surface area contributed by atoms with Gasteiger partial charge in [0.15, 0.2) is 5.75 Å². The van der Waals surface area contributed by atoms with Crippen molar-refractivity contribution >= 4 is 28.1 Å². The Morgan fingerprint density at radius 1 is 0.968 bits per heavy atom. The van der Waals surface area contributed by atoms with E-state index < -0.39 is 10.6 Å². The maximum Gasteiger partial charge on any atom is 0.373 e. The fraction of sp³-hybridized carbons (Fsp3) is 0.0952. The summed E-state index contributed by atoms with van der Waals surface area (Å²) in [6, 6.07) is 14.0. The summed E-state index contributed by atoms with van der Waals surface area (Å²) in [5.74, 6) is 1.08. The monoisotopic (exact) mass is 419 g/mol. The summed E-state index contributed by atoms with van der Waals surface area (Å²) in [5, 5.41) is 15.6. The predicted octanol–water partition coefficient (Wildman–Crippen LogP) is 4.49. The highest BCUT2D eigenvalue weighted by Crippen LogP contribution is 2.39. The lowest BCUT2D eigenvalue weighted by Gasteiger charge is -2.13. The van der Waals surface area contributed by atoms with Crippen LogP contribution in [-0.2, 0) is 0 Å². The van der Waals surface area contributed by atoms with Gasteiger partial charge in [-0.2, -0.15) is 4.98 Å². The summed E-state index contributed by atoms with van der Waals surface area (Å²) < 4.78 is 16.3. The van der Waals surface area contributed by atoms with Gasteiger partial charge in [-0.1, -0.05) is 18.2 Å². The molecule has 0 atom stereocenters. The number of methoxy groups -OCH3 is 2. The molecule has 31 heavy (non-hydrogen) atoms. The van der Waals surface area contributed by atoms with Crippen LogP contribution in [0.3, 0.4) is 0 Å². The molecule has 0 saturated carbocycles. The van der Waals surface area contributed by atoms with E-state index in [0.29, 0.717) is 28.5 Å². The third kappa shape index (κ3) is 3.99. The summed E-state index contributed by atoms with van der Waals surface area (Å²) in [6.45, 7) is 0. The number of rotatable bonds is 7. The summed E-state index contributed by atoms with van der Waals surface area (Å²) in [4.78, 5) is 23.6. The minimum atomic E-state index is -0.605. The fourth-order valence-corrected chi connectivity index (χ4v) is 2.99. The zero-order valence-corrected chi connectivity index (χ0v) is 16.6. The Bertz CT molecular complexity index is 1260. The topological polar surface area (TPSA) is 122 Å². The third-order valence-electron chi connectivity index (χ3n) is 4.44. The normalized spacial score (nSPS) is 10.5. The Kier molecular flexibility index (Phi) is 5.43. The molecular formula is C21H17N5O5. The molecule has 0 radical (unpaired) electrons. The number of nitro groups is 1. The number of hydrogen-bond donors (Lipinski definition) is 1. The van der Waals surface area contributed by atoms with Crippen molar-refractivity contribution in [2.24, 2.45) is 0 Å². The van der Waals surface area contributed by atoms with E-state index in [1.165, 1.54) is 20.5 Å². The van der Waals surface area contributed by atoms with Gasteiger partial charge in [-0.15, -0.1) is 0 Å². The molecular weight excluding hydrogens is 402 g/mol. The third-order valence-corrected chi connectivity index (χ3v) is 4.44. The predicted molar refractivity (Wildman–Crippen MR) is 113 cm³/mol. The highest BCUT2D eigenvalue weighted by atomic mass is 16.6. The van der Waals surface area contributed by atoms with Gasteiger partial charge >= 0.3 is 11.6 Å². The van der Waals surface area contributed by atoms with Crippen LogP contribution in [0.1, 0.15) is 0 Å². The number of nitrogens with zero attached hydrogens (tertiary/aromatic N) is 4. The van der Waals surface area contributed by atoms with E-state index >= 15 is 0 Å². The fourth-order valence-electron chi connectivity index (χ4n) is 2.99. The first-order valence-corrected chi connectivity index (χ1v) is 9.10. The quantitative estimate of drug-likeness (QED) is 0.341. The van der Waals surface area contributed by atoms with Crippen molar-refractivity contribution in [1.29, 1.82) is 0 Å². The van der Waals surface area contributed by atoms with Gasteiger partial charge in [-0.25, -0.2) is 4.98 Å². The van der Waals surface area contributed by atoms with E-state index in [1.807, 2.05) is 12.1 Å². The van der Waals surface area contributed by atoms with E-state index in [0.717, 1.165) is 5.39 Å². The van der Waals surface area contributed by atoms with Crippen LogP contribution in [0, 0.1) is 10.1 Å². The molecule has 0 aliphatic carbocycles. The first-order valence-electron chi connectivity index (χ1n) is 9.10. The van der Waals surface area contributed by atoms with Crippen LogP contribution in [0.5, 0.6) is 23.1 Å². The van der Waals surface area contributed by atoms with Gasteiger partial charge in [0, 0.05) is 17.6 Å². The molecule has 156 valence electrons. The molecule has 0 aliphatic rings. The molecule has 0 bridgehead atoms. The van der Waals surface area contributed by atoms with Gasteiger partial charge in [0.2, 0.25) is 5.82 Å². The molecule has 1 N–H and O–H groups in total. The van der Waals surface area contributed by atoms with Crippen molar-refractivity contribution in [2.75, 3.05) is 19.5 Å². The number of hydrogen-bond acceptors (Lipinski definition) is 9. The van der Waals surface area contributed by atoms with Crippen molar-refractivity contribution in [2.45, 2.75) is 0 Å². The molecule has 0 unspecified atom stereocenters. The average molecular weight is 419 g/mol. The Morgan fingerprint density at radius 3 is 2.58 bits per heavy atom. The van der Waals surface area contributed by atoms with Crippen LogP contribution in [0.4, 0.5) is 17.2 Å². The van der Waals surface area contributed by atoms with Crippen molar-refractivity contribution in [3.63, 3.8) is 0 Å². The van der Waals surface area contributed by atoms with Crippen LogP contribution in [0.15, 0.2) is 61.1 Å². The molecule has 0 fully saturated rings. The number of benzene rings is 2. The number of anilines is 2. The average Bonchev–Trinajstić information content (AvgIpc) is 2.79. The van der Waals surface area contributed by atoms with Crippen molar-refractivity contribution in [3.05, 3.63) is 71.2 Å². The first kappa shape index (κ1) is 19.8. The minimum absolute atomic E-state index is 0.0494. The molecule has 2 aromatic heterocycles. The minimum Gasteiger partial charge on any atom is -0.497 e. The van der Waals surface area contributed by atoms with Crippen molar-refractivity contribution in [3.8, 4) is 23.1 Å². The van der Waals surface area contributed by atoms with Gasteiger partial charge in [0.05, 0.1) is 24.8 Å². The molecule has 0 aliphatic heterocycles. The van der Waals surface area contributed by atoms with E-state index in [2.05, 4.69) is 20.3 Å². The summed E-state index contributed by atoms with van der Waals surface area (Å²) in [6.07, 6.45) is 2.80. The molecule has 4 aromatic rings. The zero-order valence-electron chi connectivity index (χ0n) is 16.6. The lowest BCUT2D eigenvalue weighted by molar-refractivity contribution is -0.385.